The standard InChI is InChI=1S/C15H23NO2/c1-11(12-3-9-15(18-2)10-4-12)16-13-5-7-14(17)8-6-13/h3-4,9-11,13-14,16-17H,5-8H2,1-2H3/t11-,13?,14?/m0/s1. The largest absolute Gasteiger partial charge is 0.497 e. The maximum Gasteiger partial charge on any atom is 0.118 e. The zero-order chi connectivity index (χ0) is 13.0. The van der Waals surface area contributed by atoms with Crippen molar-refractivity contribution in [3.8, 4) is 5.75 Å². The number of rotatable bonds is 4. The van der Waals surface area contributed by atoms with E-state index in [4.69, 9.17) is 4.74 Å². The van der Waals surface area contributed by atoms with Gasteiger partial charge in [0.2, 0.25) is 0 Å². The number of benzene rings is 1. The lowest BCUT2D eigenvalue weighted by Gasteiger charge is -2.29. The van der Waals surface area contributed by atoms with Crippen LogP contribution in [0.2, 0.25) is 0 Å². The molecule has 18 heavy (non-hydrogen) atoms. The van der Waals surface area contributed by atoms with Gasteiger partial charge in [0, 0.05) is 12.1 Å². The van der Waals surface area contributed by atoms with Gasteiger partial charge in [-0.3, -0.25) is 0 Å². The highest BCUT2D eigenvalue weighted by Crippen LogP contribution is 2.23. The first-order valence-corrected chi connectivity index (χ1v) is 6.77. The first-order chi connectivity index (χ1) is 8.69. The van der Waals surface area contributed by atoms with E-state index in [1.165, 1.54) is 5.56 Å². The summed E-state index contributed by atoms with van der Waals surface area (Å²) >= 11 is 0. The summed E-state index contributed by atoms with van der Waals surface area (Å²) in [5.74, 6) is 0.895. The van der Waals surface area contributed by atoms with E-state index in [-0.39, 0.29) is 6.10 Å². The van der Waals surface area contributed by atoms with Crippen LogP contribution < -0.4 is 10.1 Å². The number of nitrogens with one attached hydrogen (secondary N) is 1. The fourth-order valence-electron chi connectivity index (χ4n) is 2.58. The molecule has 0 unspecified atom stereocenters. The van der Waals surface area contributed by atoms with Crippen molar-refractivity contribution in [3.05, 3.63) is 29.8 Å². The fourth-order valence-corrected chi connectivity index (χ4v) is 2.58. The summed E-state index contributed by atoms with van der Waals surface area (Å²) in [7, 11) is 1.68. The van der Waals surface area contributed by atoms with E-state index < -0.39 is 0 Å². The first kappa shape index (κ1) is 13.4. The molecular formula is C15H23NO2. The third kappa shape index (κ3) is 3.47. The van der Waals surface area contributed by atoms with Crippen molar-refractivity contribution >= 4 is 0 Å². The molecule has 2 rings (SSSR count). The number of methoxy groups -OCH3 is 1. The average molecular weight is 249 g/mol. The van der Waals surface area contributed by atoms with Crippen molar-refractivity contribution in [1.82, 2.24) is 5.32 Å². The minimum atomic E-state index is -0.0839. The molecule has 3 heteroatoms. The Bertz CT molecular complexity index is 355. The lowest BCUT2D eigenvalue weighted by molar-refractivity contribution is 0.114. The van der Waals surface area contributed by atoms with Crippen LogP contribution in [0.15, 0.2) is 24.3 Å². The van der Waals surface area contributed by atoms with Gasteiger partial charge in [-0.1, -0.05) is 12.1 Å². The quantitative estimate of drug-likeness (QED) is 0.862. The Balaban J connectivity index is 1.88. The Morgan fingerprint density at radius 2 is 1.78 bits per heavy atom. The maximum absolute atomic E-state index is 9.49. The van der Waals surface area contributed by atoms with E-state index in [0.29, 0.717) is 12.1 Å². The van der Waals surface area contributed by atoms with Crippen LogP contribution in [0.1, 0.15) is 44.2 Å². The summed E-state index contributed by atoms with van der Waals surface area (Å²) in [6, 6.07) is 9.08. The van der Waals surface area contributed by atoms with Crippen LogP contribution >= 0.6 is 0 Å². The van der Waals surface area contributed by atoms with Crippen molar-refractivity contribution in [2.75, 3.05) is 7.11 Å². The summed E-state index contributed by atoms with van der Waals surface area (Å²) in [5.41, 5.74) is 1.28. The van der Waals surface area contributed by atoms with Gasteiger partial charge in [-0.2, -0.15) is 0 Å². The molecule has 1 aliphatic carbocycles. The van der Waals surface area contributed by atoms with Gasteiger partial charge < -0.3 is 15.2 Å². The second kappa shape index (κ2) is 6.21. The van der Waals surface area contributed by atoms with Gasteiger partial charge in [0.15, 0.2) is 0 Å². The van der Waals surface area contributed by atoms with Crippen LogP contribution in [0.25, 0.3) is 0 Å². The Morgan fingerprint density at radius 1 is 1.17 bits per heavy atom. The van der Waals surface area contributed by atoms with Crippen LogP contribution in [0.3, 0.4) is 0 Å². The Kier molecular flexibility index (Phi) is 4.61. The molecule has 0 aromatic heterocycles. The minimum Gasteiger partial charge on any atom is -0.497 e. The van der Waals surface area contributed by atoms with Crippen LogP contribution in [0, 0.1) is 0 Å². The van der Waals surface area contributed by atoms with Crippen molar-refractivity contribution < 1.29 is 9.84 Å². The van der Waals surface area contributed by atoms with E-state index in [2.05, 4.69) is 24.4 Å². The molecule has 0 radical (unpaired) electrons. The van der Waals surface area contributed by atoms with Gasteiger partial charge in [-0.05, 0) is 50.3 Å². The van der Waals surface area contributed by atoms with Gasteiger partial charge >= 0.3 is 0 Å². The molecule has 2 N–H and O–H groups in total. The molecule has 1 atom stereocenters. The fraction of sp³-hybridized carbons (Fsp3) is 0.600. The van der Waals surface area contributed by atoms with Crippen molar-refractivity contribution in [1.29, 1.82) is 0 Å². The van der Waals surface area contributed by atoms with Gasteiger partial charge in [-0.25, -0.2) is 0 Å². The summed E-state index contributed by atoms with van der Waals surface area (Å²) in [6.07, 6.45) is 3.91. The summed E-state index contributed by atoms with van der Waals surface area (Å²) in [6.45, 7) is 2.19. The normalized spacial score (nSPS) is 25.7. The molecule has 1 aromatic carbocycles. The molecule has 0 aliphatic heterocycles. The Hall–Kier alpha value is -1.06. The lowest BCUT2D eigenvalue weighted by atomic mass is 9.92. The average Bonchev–Trinajstić information content (AvgIpc) is 2.41. The molecule has 0 saturated heterocycles. The molecule has 1 saturated carbocycles. The minimum absolute atomic E-state index is 0.0839. The third-order valence-electron chi connectivity index (χ3n) is 3.80. The highest BCUT2D eigenvalue weighted by molar-refractivity contribution is 5.28. The second-order valence-electron chi connectivity index (χ2n) is 5.17. The van der Waals surface area contributed by atoms with E-state index in [0.717, 1.165) is 31.4 Å². The smallest absolute Gasteiger partial charge is 0.118 e. The van der Waals surface area contributed by atoms with Crippen LogP contribution in [0.5, 0.6) is 5.75 Å². The van der Waals surface area contributed by atoms with Crippen LogP contribution in [-0.2, 0) is 0 Å². The molecule has 1 aromatic rings. The Morgan fingerprint density at radius 3 is 2.33 bits per heavy atom. The molecule has 0 heterocycles. The SMILES string of the molecule is COc1ccc([C@H](C)NC2CCC(O)CC2)cc1. The number of hydrogen-bond donors (Lipinski definition) is 2. The highest BCUT2D eigenvalue weighted by Gasteiger charge is 2.20. The summed E-state index contributed by atoms with van der Waals surface area (Å²) in [5, 5.41) is 13.1. The molecule has 0 spiro atoms. The lowest BCUT2D eigenvalue weighted by Crippen LogP contribution is -2.36. The molecule has 0 bridgehead atoms. The predicted octanol–water partition coefficient (Wildman–Crippen LogP) is 2.65. The Labute approximate surface area is 109 Å². The van der Waals surface area contributed by atoms with E-state index in [1.807, 2.05) is 12.1 Å². The van der Waals surface area contributed by atoms with E-state index >= 15 is 0 Å². The second-order valence-corrected chi connectivity index (χ2v) is 5.17. The number of aliphatic hydroxyl groups excluding tert-OH is 1. The maximum atomic E-state index is 9.49. The van der Waals surface area contributed by atoms with Crippen molar-refractivity contribution in [2.24, 2.45) is 0 Å². The molecular weight excluding hydrogens is 226 g/mol. The van der Waals surface area contributed by atoms with Crippen molar-refractivity contribution in [2.45, 2.75) is 50.8 Å². The van der Waals surface area contributed by atoms with Gasteiger partial charge in [-0.15, -0.1) is 0 Å². The molecule has 1 fully saturated rings. The molecule has 0 amide bonds. The molecule has 3 nitrogen and oxygen atoms in total. The number of aliphatic hydroxyl groups is 1. The first-order valence-electron chi connectivity index (χ1n) is 6.77. The molecule has 100 valence electrons. The summed E-state index contributed by atoms with van der Waals surface area (Å²) in [4.78, 5) is 0. The highest BCUT2D eigenvalue weighted by atomic mass is 16.5. The zero-order valence-electron chi connectivity index (χ0n) is 11.2. The van der Waals surface area contributed by atoms with Gasteiger partial charge in [0.25, 0.3) is 0 Å². The predicted molar refractivity (Wildman–Crippen MR) is 72.8 cm³/mol. The molecule has 1 aliphatic rings. The topological polar surface area (TPSA) is 41.5 Å². The monoisotopic (exact) mass is 249 g/mol. The zero-order valence-corrected chi connectivity index (χ0v) is 11.2. The third-order valence-corrected chi connectivity index (χ3v) is 3.80. The van der Waals surface area contributed by atoms with Gasteiger partial charge in [0.1, 0.15) is 5.75 Å². The van der Waals surface area contributed by atoms with Crippen molar-refractivity contribution in [3.63, 3.8) is 0 Å². The van der Waals surface area contributed by atoms with Gasteiger partial charge in [0.05, 0.1) is 13.2 Å². The van der Waals surface area contributed by atoms with E-state index in [9.17, 15) is 5.11 Å². The summed E-state index contributed by atoms with van der Waals surface area (Å²) < 4.78 is 5.16. The van der Waals surface area contributed by atoms with Crippen LogP contribution in [0.4, 0.5) is 0 Å². The number of ether oxygens (including phenoxy) is 1. The number of hydrogen-bond acceptors (Lipinski definition) is 3. The van der Waals surface area contributed by atoms with E-state index in [1.54, 1.807) is 7.11 Å². The van der Waals surface area contributed by atoms with Crippen LogP contribution in [-0.4, -0.2) is 24.4 Å².